The van der Waals surface area contributed by atoms with Crippen LogP contribution in [0.5, 0.6) is 0 Å². The summed E-state index contributed by atoms with van der Waals surface area (Å²) in [5.74, 6) is 0.565. The molecule has 30 heavy (non-hydrogen) atoms. The molecule has 1 aliphatic rings. The van der Waals surface area contributed by atoms with Gasteiger partial charge in [0.2, 0.25) is 0 Å². The van der Waals surface area contributed by atoms with Gasteiger partial charge in [-0.25, -0.2) is 8.42 Å². The first kappa shape index (κ1) is 22.2. The molecule has 9 nitrogen and oxygen atoms in total. The molecule has 1 aromatic carbocycles. The monoisotopic (exact) mass is 437 g/mol. The van der Waals surface area contributed by atoms with Crippen LogP contribution in [0.15, 0.2) is 35.2 Å². The molecule has 0 amide bonds. The van der Waals surface area contributed by atoms with Gasteiger partial charge in [-0.3, -0.25) is 4.68 Å². The lowest BCUT2D eigenvalue weighted by Gasteiger charge is -2.22. The van der Waals surface area contributed by atoms with Crippen LogP contribution in [-0.2, 0) is 32.6 Å². The molecular weight excluding hydrogens is 410 g/mol. The summed E-state index contributed by atoms with van der Waals surface area (Å²) in [6.07, 6.45) is 7.29. The number of rotatable bonds is 10. The van der Waals surface area contributed by atoms with Crippen LogP contribution in [0.3, 0.4) is 0 Å². The fourth-order valence-corrected chi connectivity index (χ4v) is 4.38. The van der Waals surface area contributed by atoms with E-state index in [2.05, 4.69) is 9.94 Å². The van der Waals surface area contributed by atoms with Crippen molar-refractivity contribution in [2.75, 3.05) is 19.5 Å². The molecule has 0 aliphatic heterocycles. The lowest BCUT2D eigenvalue weighted by atomic mass is 9.89. The van der Waals surface area contributed by atoms with Crippen molar-refractivity contribution in [1.82, 2.24) is 9.78 Å². The summed E-state index contributed by atoms with van der Waals surface area (Å²) in [7, 11) is -3.26. The van der Waals surface area contributed by atoms with E-state index in [0.717, 1.165) is 17.8 Å². The lowest BCUT2D eigenvalue weighted by Crippen LogP contribution is -2.16. The van der Waals surface area contributed by atoms with E-state index in [1.807, 2.05) is 10.7 Å². The molecule has 3 rings (SSSR count). The molecule has 0 N–H and O–H groups in total. The summed E-state index contributed by atoms with van der Waals surface area (Å²) in [6, 6.07) is 8.72. The number of hydrogen-bond donors (Lipinski definition) is 0. The Morgan fingerprint density at radius 3 is 2.50 bits per heavy atom. The van der Waals surface area contributed by atoms with E-state index in [9.17, 15) is 18.5 Å². The van der Waals surface area contributed by atoms with E-state index in [0.29, 0.717) is 11.6 Å². The molecule has 1 fully saturated rings. The van der Waals surface area contributed by atoms with Gasteiger partial charge in [0.15, 0.2) is 9.84 Å². The average molecular weight is 438 g/mol. The zero-order chi connectivity index (χ0) is 21.6. The van der Waals surface area contributed by atoms with Gasteiger partial charge in [-0.15, -0.1) is 10.1 Å². The van der Waals surface area contributed by atoms with Gasteiger partial charge in [0.05, 0.1) is 29.5 Å². The third-order valence-electron chi connectivity index (χ3n) is 5.24. The summed E-state index contributed by atoms with van der Waals surface area (Å²) < 4.78 is 30.9. The Labute approximate surface area is 176 Å². The summed E-state index contributed by atoms with van der Waals surface area (Å²) >= 11 is 0. The molecule has 0 radical (unpaired) electrons. The number of sulfone groups is 1. The predicted molar refractivity (Wildman–Crippen MR) is 110 cm³/mol. The topological polar surface area (TPSA) is 114 Å². The van der Waals surface area contributed by atoms with Crippen molar-refractivity contribution in [1.29, 1.82) is 0 Å². The smallest absolute Gasteiger partial charge is 0.294 e. The fourth-order valence-electron chi connectivity index (χ4n) is 3.75. The molecule has 10 heteroatoms. The van der Waals surface area contributed by atoms with E-state index in [1.165, 1.54) is 38.4 Å². The zero-order valence-corrected chi connectivity index (χ0v) is 17.8. The Balaban J connectivity index is 1.76. The fraction of sp³-hybridized carbons (Fsp3) is 0.550. The minimum absolute atomic E-state index is 0.0921. The third-order valence-corrected chi connectivity index (χ3v) is 6.37. The molecule has 164 valence electrons. The molecule has 0 atom stereocenters. The van der Waals surface area contributed by atoms with Gasteiger partial charge < -0.3 is 9.57 Å². The average Bonchev–Trinajstić information content (AvgIpc) is 3.10. The molecule has 0 bridgehead atoms. The molecule has 0 saturated heterocycles. The van der Waals surface area contributed by atoms with E-state index in [-0.39, 0.29) is 24.7 Å². The summed E-state index contributed by atoms with van der Waals surface area (Å²) in [6.45, 7) is 0.977. The van der Waals surface area contributed by atoms with Gasteiger partial charge in [-0.05, 0) is 42.5 Å². The van der Waals surface area contributed by atoms with Gasteiger partial charge >= 0.3 is 0 Å². The quantitative estimate of drug-likeness (QED) is 0.318. The Morgan fingerprint density at radius 2 is 1.87 bits per heavy atom. The molecule has 2 aromatic rings. The van der Waals surface area contributed by atoms with Gasteiger partial charge in [0.25, 0.3) is 5.09 Å². The molecule has 1 saturated carbocycles. The largest absolute Gasteiger partial charge is 0.373 e. The van der Waals surface area contributed by atoms with Crippen LogP contribution in [0, 0.1) is 16.0 Å². The zero-order valence-electron chi connectivity index (χ0n) is 17.0. The molecule has 0 unspecified atom stereocenters. The number of aromatic nitrogens is 2. The standard InChI is InChI=1S/C20H27N3O6S/c1-30(26,27)19-9-7-17(8-10-19)20-13-18(15-28-11-12-29-23(24)25)21-22(20)14-16-5-3-2-4-6-16/h7-10,13,16H,2-6,11-12,14-15H2,1H3. The number of hydrogen-bond acceptors (Lipinski definition) is 7. The van der Waals surface area contributed by atoms with Crippen molar-refractivity contribution in [2.45, 2.75) is 50.2 Å². The second-order valence-corrected chi connectivity index (χ2v) is 9.63. The molecule has 1 aliphatic carbocycles. The van der Waals surface area contributed by atoms with Crippen molar-refractivity contribution in [2.24, 2.45) is 5.92 Å². The summed E-state index contributed by atoms with van der Waals surface area (Å²) in [4.78, 5) is 14.7. The molecule has 0 spiro atoms. The van der Waals surface area contributed by atoms with Crippen LogP contribution in [0.25, 0.3) is 11.3 Å². The van der Waals surface area contributed by atoms with Crippen molar-refractivity contribution in [3.8, 4) is 11.3 Å². The van der Waals surface area contributed by atoms with E-state index < -0.39 is 14.9 Å². The van der Waals surface area contributed by atoms with Crippen molar-refractivity contribution >= 4 is 9.84 Å². The Bertz CT molecular complexity index is 949. The SMILES string of the molecule is CS(=O)(=O)c1ccc(-c2cc(COCCO[N+](=O)[O-])nn2CC2CCCCC2)cc1. The highest BCUT2D eigenvalue weighted by atomic mass is 32.2. The Hall–Kier alpha value is -2.46. The Kier molecular flexibility index (Phi) is 7.43. The van der Waals surface area contributed by atoms with Crippen LogP contribution >= 0.6 is 0 Å². The van der Waals surface area contributed by atoms with Crippen LogP contribution in [0.2, 0.25) is 0 Å². The first-order valence-corrected chi connectivity index (χ1v) is 11.9. The first-order valence-electron chi connectivity index (χ1n) is 10.0. The van der Waals surface area contributed by atoms with E-state index >= 15 is 0 Å². The second kappa shape index (κ2) is 10.0. The van der Waals surface area contributed by atoms with Crippen molar-refractivity contribution in [3.05, 3.63) is 46.1 Å². The molecule has 1 aromatic heterocycles. The normalized spacial score (nSPS) is 15.2. The second-order valence-electron chi connectivity index (χ2n) is 7.61. The van der Waals surface area contributed by atoms with Crippen LogP contribution in [0.1, 0.15) is 37.8 Å². The number of ether oxygens (including phenoxy) is 1. The predicted octanol–water partition coefficient (Wildman–Crippen LogP) is 3.26. The van der Waals surface area contributed by atoms with E-state index in [4.69, 9.17) is 4.74 Å². The number of benzene rings is 1. The number of nitrogens with zero attached hydrogens (tertiary/aromatic N) is 3. The van der Waals surface area contributed by atoms with Gasteiger partial charge in [-0.1, -0.05) is 31.4 Å². The van der Waals surface area contributed by atoms with Crippen molar-refractivity contribution < 1.29 is 23.1 Å². The van der Waals surface area contributed by atoms with E-state index in [1.54, 1.807) is 24.3 Å². The van der Waals surface area contributed by atoms with Gasteiger partial charge in [-0.2, -0.15) is 5.10 Å². The first-order chi connectivity index (χ1) is 14.3. The van der Waals surface area contributed by atoms with Crippen LogP contribution in [-0.4, -0.2) is 42.8 Å². The maximum absolute atomic E-state index is 11.7. The van der Waals surface area contributed by atoms with Gasteiger partial charge in [0.1, 0.15) is 6.61 Å². The summed E-state index contributed by atoms with van der Waals surface area (Å²) in [5.41, 5.74) is 2.50. The third kappa shape index (κ3) is 6.27. The van der Waals surface area contributed by atoms with Crippen LogP contribution in [0.4, 0.5) is 0 Å². The Morgan fingerprint density at radius 1 is 1.17 bits per heavy atom. The van der Waals surface area contributed by atoms with Crippen LogP contribution < -0.4 is 0 Å². The van der Waals surface area contributed by atoms with Gasteiger partial charge in [0, 0.05) is 12.8 Å². The lowest BCUT2D eigenvalue weighted by molar-refractivity contribution is -0.758. The molecule has 1 heterocycles. The summed E-state index contributed by atoms with van der Waals surface area (Å²) in [5, 5.41) is 14.0. The minimum Gasteiger partial charge on any atom is -0.373 e. The minimum atomic E-state index is -3.26. The maximum atomic E-state index is 11.7. The maximum Gasteiger partial charge on any atom is 0.294 e. The highest BCUT2D eigenvalue weighted by Crippen LogP contribution is 2.28. The highest BCUT2D eigenvalue weighted by Gasteiger charge is 2.18. The van der Waals surface area contributed by atoms with Crippen molar-refractivity contribution in [3.63, 3.8) is 0 Å². The molecular formula is C20H27N3O6S. The highest BCUT2D eigenvalue weighted by molar-refractivity contribution is 7.90.